The molecule has 2 unspecified atom stereocenters. The van der Waals surface area contributed by atoms with Crippen LogP contribution in [0.3, 0.4) is 0 Å². The number of unbranched alkanes of at least 4 members (excludes halogenated alkanes) is 2. The number of benzene rings is 4. The minimum atomic E-state index is -0.826. The average molecular weight is 827 g/mol. The van der Waals surface area contributed by atoms with Crippen molar-refractivity contribution in [2.24, 2.45) is 0 Å². The van der Waals surface area contributed by atoms with E-state index in [0.29, 0.717) is 11.8 Å². The number of hydrogen-bond donors (Lipinski definition) is 0. The van der Waals surface area contributed by atoms with Crippen molar-refractivity contribution in [3.05, 3.63) is 131 Å². The van der Waals surface area contributed by atoms with Crippen LogP contribution in [-0.4, -0.2) is 9.52 Å². The van der Waals surface area contributed by atoms with Crippen molar-refractivity contribution in [2.75, 3.05) is 0 Å². The molecule has 2 atom stereocenters. The summed E-state index contributed by atoms with van der Waals surface area (Å²) < 4.78 is 0. The molecule has 0 aliphatic heterocycles. The molecular weight excluding hydrogens is 767 g/mol. The Morgan fingerprint density at radius 1 is 0.577 bits per heavy atom. The molecule has 0 saturated carbocycles. The summed E-state index contributed by atoms with van der Waals surface area (Å²) in [6.07, 6.45) is 9.83. The van der Waals surface area contributed by atoms with Gasteiger partial charge < -0.3 is 0 Å². The Morgan fingerprint density at radius 3 is 1.23 bits per heavy atom. The number of hydrogen-bond acceptors (Lipinski definition) is 0. The minimum absolute atomic E-state index is 0.638. The summed E-state index contributed by atoms with van der Waals surface area (Å²) in [5.41, 5.74) is 11.2. The molecule has 2 radical (unpaired) electrons. The van der Waals surface area contributed by atoms with Gasteiger partial charge in [-0.3, -0.25) is 0 Å². The summed E-state index contributed by atoms with van der Waals surface area (Å²) >= 11 is -0.826. The molecule has 0 fully saturated rings. The van der Waals surface area contributed by atoms with Crippen LogP contribution in [0.1, 0.15) is 114 Å². The molecule has 6 aromatic carbocycles. The molecule has 0 spiro atoms. The number of halogens is 2. The molecule has 6 rings (SSSR count). The first-order chi connectivity index (χ1) is 25.3. The summed E-state index contributed by atoms with van der Waals surface area (Å²) in [6.45, 7) is 17.9. The quantitative estimate of drug-likeness (QED) is 0.0852. The maximum absolute atomic E-state index is 4.93. The fraction of sp³-hybridized carbons (Fsp3) is 0.375. The van der Waals surface area contributed by atoms with Crippen LogP contribution in [0.5, 0.6) is 0 Å². The normalized spacial score (nSPS) is 11.7. The van der Waals surface area contributed by atoms with Crippen LogP contribution in [0.4, 0.5) is 0 Å². The molecule has 0 aliphatic carbocycles. The molecule has 0 aliphatic rings. The van der Waals surface area contributed by atoms with Crippen molar-refractivity contribution in [1.29, 1.82) is 0 Å². The maximum atomic E-state index is 4.93. The Kier molecular flexibility index (Phi) is 20.6. The number of fused-ring (bicyclic) bond motifs is 2. The van der Waals surface area contributed by atoms with Gasteiger partial charge in [0.2, 0.25) is 0 Å². The molecule has 0 nitrogen and oxygen atoms in total. The van der Waals surface area contributed by atoms with Crippen LogP contribution in [0.2, 0.25) is 13.1 Å². The van der Waals surface area contributed by atoms with Crippen molar-refractivity contribution in [1.82, 2.24) is 0 Å². The van der Waals surface area contributed by atoms with Gasteiger partial charge in [-0.05, 0) is 59.8 Å². The van der Waals surface area contributed by atoms with Crippen LogP contribution < -0.4 is 0 Å². The molecule has 52 heavy (non-hydrogen) atoms. The van der Waals surface area contributed by atoms with Gasteiger partial charge in [-0.15, -0.1) is 69.1 Å². The van der Waals surface area contributed by atoms with Crippen molar-refractivity contribution in [3.8, 4) is 22.3 Å². The molecule has 274 valence electrons. The van der Waals surface area contributed by atoms with Gasteiger partial charge in [0.25, 0.3) is 0 Å². The Hall–Kier alpha value is -2.22. The van der Waals surface area contributed by atoms with E-state index in [9.17, 15) is 0 Å². The van der Waals surface area contributed by atoms with Crippen molar-refractivity contribution >= 4 is 48.1 Å². The van der Waals surface area contributed by atoms with Crippen molar-refractivity contribution in [3.63, 3.8) is 0 Å². The van der Waals surface area contributed by atoms with E-state index in [4.69, 9.17) is 17.0 Å². The molecular formula is C48H60Cl2SiZr. The SMILES string of the molecule is CCCCc1cc2c(-c3ccc(C(C)CC)cc3)cccc2[cH-]1.CCCCc1cc2c(-c3ccc(C(C)CC)cc3)cccc2[cH-]1.C[Si]C.[Cl][Zr+2][Cl]. The van der Waals surface area contributed by atoms with Crippen LogP contribution in [-0.2, 0) is 33.7 Å². The Labute approximate surface area is 338 Å². The molecule has 0 heterocycles. The van der Waals surface area contributed by atoms with Crippen LogP contribution in [0, 0.1) is 0 Å². The zero-order chi connectivity index (χ0) is 37.9. The van der Waals surface area contributed by atoms with E-state index in [1.165, 1.54) is 117 Å². The standard InChI is InChI=1S/2C23H27.C2H6Si.2ClH.Zr/c2*1-4-6-8-18-15-21-9-7-10-22(23(21)16-18)20-13-11-19(12-14-20)17(3)5-2;1-3-2;;;/h2*7,9-17H,4-6,8H2,1-3H3;1-2H3;2*1H;/q2*-1;;;;+4/p-2. The predicted molar refractivity (Wildman–Crippen MR) is 234 cm³/mol. The summed E-state index contributed by atoms with van der Waals surface area (Å²) in [6, 6.07) is 41.2. The molecule has 4 heteroatoms. The fourth-order valence-electron chi connectivity index (χ4n) is 6.60. The Bertz CT molecular complexity index is 1710. The monoisotopic (exact) mass is 824 g/mol. The van der Waals surface area contributed by atoms with Crippen molar-refractivity contribution < 1.29 is 20.8 Å². The molecule has 0 amide bonds. The third-order valence-electron chi connectivity index (χ3n) is 10.1. The van der Waals surface area contributed by atoms with Gasteiger partial charge in [0.15, 0.2) is 0 Å². The van der Waals surface area contributed by atoms with E-state index >= 15 is 0 Å². The third-order valence-corrected chi connectivity index (χ3v) is 10.1. The van der Waals surface area contributed by atoms with Crippen LogP contribution in [0.15, 0.2) is 109 Å². The second-order valence-electron chi connectivity index (χ2n) is 14.0. The second-order valence-corrected chi connectivity index (χ2v) is 18.7. The summed E-state index contributed by atoms with van der Waals surface area (Å²) in [4.78, 5) is 0. The van der Waals surface area contributed by atoms with E-state index in [-0.39, 0.29) is 0 Å². The van der Waals surface area contributed by atoms with Gasteiger partial charge in [-0.25, -0.2) is 0 Å². The van der Waals surface area contributed by atoms with Gasteiger partial charge in [0.1, 0.15) is 0 Å². The zero-order valence-electron chi connectivity index (χ0n) is 33.0. The topological polar surface area (TPSA) is 0 Å². The fourth-order valence-corrected chi connectivity index (χ4v) is 6.60. The zero-order valence-corrected chi connectivity index (χ0v) is 37.9. The second kappa shape index (κ2) is 24.2. The van der Waals surface area contributed by atoms with E-state index < -0.39 is 20.8 Å². The van der Waals surface area contributed by atoms with Gasteiger partial charge in [-0.2, -0.15) is 12.1 Å². The average Bonchev–Trinajstić information content (AvgIpc) is 3.80. The molecule has 6 aromatic rings. The van der Waals surface area contributed by atoms with E-state index in [1.807, 2.05) is 0 Å². The van der Waals surface area contributed by atoms with E-state index in [2.05, 4.69) is 164 Å². The molecule has 0 bridgehead atoms. The van der Waals surface area contributed by atoms with Gasteiger partial charge in [0, 0.05) is 9.52 Å². The van der Waals surface area contributed by atoms with Gasteiger partial charge in [-0.1, -0.05) is 152 Å². The van der Waals surface area contributed by atoms with E-state index in [0.717, 1.165) is 9.52 Å². The molecule has 0 aromatic heterocycles. The predicted octanol–water partition coefficient (Wildman–Crippen LogP) is 16.3. The molecule has 0 saturated heterocycles. The number of aryl methyl sites for hydroxylation is 2. The van der Waals surface area contributed by atoms with E-state index in [1.54, 1.807) is 0 Å². The first-order valence-electron chi connectivity index (χ1n) is 19.4. The summed E-state index contributed by atoms with van der Waals surface area (Å²) in [7, 11) is 11.0. The van der Waals surface area contributed by atoms with Gasteiger partial charge in [0.05, 0.1) is 0 Å². The summed E-state index contributed by atoms with van der Waals surface area (Å²) in [5, 5.41) is 5.55. The Morgan fingerprint density at radius 2 is 0.923 bits per heavy atom. The third kappa shape index (κ3) is 13.0. The molecule has 0 N–H and O–H groups in total. The van der Waals surface area contributed by atoms with Gasteiger partial charge >= 0.3 is 37.9 Å². The first kappa shape index (κ1) is 44.2. The Balaban J connectivity index is 0.000000244. The first-order valence-corrected chi connectivity index (χ1v) is 27.7. The summed E-state index contributed by atoms with van der Waals surface area (Å²) in [5.74, 6) is 1.28. The van der Waals surface area contributed by atoms with Crippen LogP contribution in [0.25, 0.3) is 43.8 Å². The number of rotatable bonds is 12. The van der Waals surface area contributed by atoms with Crippen molar-refractivity contribution in [2.45, 2.75) is 118 Å². The van der Waals surface area contributed by atoms with Crippen LogP contribution >= 0.6 is 17.0 Å².